The molecule has 3 nitrogen and oxygen atoms in total. The summed E-state index contributed by atoms with van der Waals surface area (Å²) in [6.45, 7) is 7.68. The zero-order valence-electron chi connectivity index (χ0n) is 9.66. The third-order valence-corrected chi connectivity index (χ3v) is 1.87. The number of ether oxygens (including phenoxy) is 2. The van der Waals surface area contributed by atoms with E-state index in [1.54, 1.807) is 6.92 Å². The molecule has 0 aliphatic carbocycles. The second kappa shape index (κ2) is 9.44. The summed E-state index contributed by atoms with van der Waals surface area (Å²) in [6.07, 6.45) is 3.25. The van der Waals surface area contributed by atoms with Gasteiger partial charge in [0.25, 0.3) is 0 Å². The average Bonchev–Trinajstić information content (AvgIpc) is 2.14. The fourth-order valence-electron chi connectivity index (χ4n) is 1.06. The Morgan fingerprint density at radius 3 is 2.43 bits per heavy atom. The highest BCUT2D eigenvalue weighted by molar-refractivity contribution is 4.50. The predicted molar refractivity (Wildman–Crippen MR) is 57.4 cm³/mol. The van der Waals surface area contributed by atoms with Crippen LogP contribution in [-0.2, 0) is 9.47 Å². The van der Waals surface area contributed by atoms with Crippen LogP contribution in [0.3, 0.4) is 0 Å². The van der Waals surface area contributed by atoms with Crippen LogP contribution in [-0.4, -0.2) is 37.1 Å². The summed E-state index contributed by atoms with van der Waals surface area (Å²) in [5.74, 6) is 0. The van der Waals surface area contributed by atoms with Gasteiger partial charge in [-0.05, 0) is 20.3 Å². The third kappa shape index (κ3) is 9.96. The molecule has 0 aromatic rings. The number of hydrogen-bond donors (Lipinski definition) is 1. The molecule has 2 atom stereocenters. The van der Waals surface area contributed by atoms with Crippen molar-refractivity contribution in [1.82, 2.24) is 0 Å². The van der Waals surface area contributed by atoms with E-state index in [4.69, 9.17) is 14.6 Å². The van der Waals surface area contributed by atoms with Gasteiger partial charge in [-0.1, -0.05) is 19.8 Å². The Labute approximate surface area is 87.4 Å². The molecule has 0 spiro atoms. The summed E-state index contributed by atoms with van der Waals surface area (Å²) < 4.78 is 10.8. The van der Waals surface area contributed by atoms with Crippen molar-refractivity contribution < 1.29 is 14.6 Å². The molecule has 0 saturated heterocycles. The van der Waals surface area contributed by atoms with Gasteiger partial charge in [-0.25, -0.2) is 0 Å². The van der Waals surface area contributed by atoms with Crippen molar-refractivity contribution >= 4 is 0 Å². The van der Waals surface area contributed by atoms with Crippen LogP contribution in [0.25, 0.3) is 0 Å². The molecule has 0 aromatic carbocycles. The van der Waals surface area contributed by atoms with Crippen molar-refractivity contribution in [2.45, 2.75) is 52.2 Å². The van der Waals surface area contributed by atoms with Crippen molar-refractivity contribution in [2.75, 3.05) is 19.8 Å². The molecule has 2 unspecified atom stereocenters. The Balaban J connectivity index is 3.14. The van der Waals surface area contributed by atoms with Crippen molar-refractivity contribution in [3.05, 3.63) is 0 Å². The van der Waals surface area contributed by atoms with E-state index >= 15 is 0 Å². The number of rotatable bonds is 9. The second-order valence-electron chi connectivity index (χ2n) is 3.77. The normalized spacial score (nSPS) is 15.4. The van der Waals surface area contributed by atoms with Crippen LogP contribution in [0.5, 0.6) is 0 Å². The first-order valence-corrected chi connectivity index (χ1v) is 5.54. The molecule has 0 bridgehead atoms. The maximum atomic E-state index is 8.98. The molecule has 0 amide bonds. The van der Waals surface area contributed by atoms with Gasteiger partial charge in [0.1, 0.15) is 0 Å². The maximum absolute atomic E-state index is 8.98. The van der Waals surface area contributed by atoms with Gasteiger partial charge in [-0.3, -0.25) is 0 Å². The van der Waals surface area contributed by atoms with Crippen LogP contribution in [0.4, 0.5) is 0 Å². The van der Waals surface area contributed by atoms with Crippen molar-refractivity contribution in [3.8, 4) is 0 Å². The predicted octanol–water partition coefficient (Wildman–Crippen LogP) is 1.98. The Hall–Kier alpha value is -0.120. The van der Waals surface area contributed by atoms with Crippen LogP contribution in [0.2, 0.25) is 0 Å². The van der Waals surface area contributed by atoms with Gasteiger partial charge in [-0.15, -0.1) is 0 Å². The molecule has 0 radical (unpaired) electrons. The zero-order valence-corrected chi connectivity index (χ0v) is 9.66. The van der Waals surface area contributed by atoms with Crippen LogP contribution in [0.15, 0.2) is 0 Å². The van der Waals surface area contributed by atoms with Crippen molar-refractivity contribution in [1.29, 1.82) is 0 Å². The Bertz CT molecular complexity index is 115. The van der Waals surface area contributed by atoms with Crippen molar-refractivity contribution in [2.24, 2.45) is 0 Å². The lowest BCUT2D eigenvalue weighted by Gasteiger charge is -2.14. The Morgan fingerprint density at radius 1 is 1.14 bits per heavy atom. The largest absolute Gasteiger partial charge is 0.391 e. The Kier molecular flexibility index (Phi) is 9.35. The molecule has 3 heteroatoms. The quantitative estimate of drug-likeness (QED) is 0.584. The number of hydrogen-bond acceptors (Lipinski definition) is 3. The fraction of sp³-hybridized carbons (Fsp3) is 1.00. The third-order valence-electron chi connectivity index (χ3n) is 1.87. The number of aliphatic hydroxyl groups excluding tert-OH is 1. The lowest BCUT2D eigenvalue weighted by atomic mass is 10.3. The topological polar surface area (TPSA) is 38.7 Å². The average molecular weight is 204 g/mol. The fourth-order valence-corrected chi connectivity index (χ4v) is 1.06. The molecule has 1 N–H and O–H groups in total. The highest BCUT2D eigenvalue weighted by atomic mass is 16.5. The van der Waals surface area contributed by atoms with Gasteiger partial charge in [0.2, 0.25) is 0 Å². The SMILES string of the molecule is CCCCCOCC(C)OCC(C)O. The van der Waals surface area contributed by atoms with Crippen LogP contribution in [0.1, 0.15) is 40.0 Å². The number of aliphatic hydroxyl groups is 1. The van der Waals surface area contributed by atoms with Gasteiger partial charge in [0.15, 0.2) is 0 Å². The molecular formula is C11H24O3. The standard InChI is InChI=1S/C11H24O3/c1-4-5-6-7-13-9-11(3)14-8-10(2)12/h10-12H,4-9H2,1-3H3. The Morgan fingerprint density at radius 2 is 1.86 bits per heavy atom. The lowest BCUT2D eigenvalue weighted by molar-refractivity contribution is -0.0368. The first-order valence-electron chi connectivity index (χ1n) is 5.54. The maximum Gasteiger partial charge on any atom is 0.0781 e. The summed E-state index contributed by atoms with van der Waals surface area (Å²) in [5.41, 5.74) is 0. The van der Waals surface area contributed by atoms with Gasteiger partial charge in [-0.2, -0.15) is 0 Å². The van der Waals surface area contributed by atoms with Gasteiger partial charge in [0.05, 0.1) is 25.4 Å². The van der Waals surface area contributed by atoms with Crippen molar-refractivity contribution in [3.63, 3.8) is 0 Å². The van der Waals surface area contributed by atoms with Crippen LogP contribution >= 0.6 is 0 Å². The minimum atomic E-state index is -0.391. The molecule has 0 saturated carbocycles. The van der Waals surface area contributed by atoms with E-state index < -0.39 is 6.10 Å². The zero-order chi connectivity index (χ0) is 10.8. The second-order valence-corrected chi connectivity index (χ2v) is 3.77. The van der Waals surface area contributed by atoms with E-state index in [1.165, 1.54) is 12.8 Å². The number of unbranched alkanes of at least 4 members (excludes halogenated alkanes) is 2. The molecule has 14 heavy (non-hydrogen) atoms. The van der Waals surface area contributed by atoms with E-state index in [0.717, 1.165) is 13.0 Å². The molecule has 0 fully saturated rings. The van der Waals surface area contributed by atoms with Gasteiger partial charge < -0.3 is 14.6 Å². The molecule has 0 aliphatic heterocycles. The molecule has 0 aliphatic rings. The first kappa shape index (κ1) is 13.9. The van der Waals surface area contributed by atoms with E-state index in [9.17, 15) is 0 Å². The molecule has 0 heterocycles. The molecule has 0 aromatic heterocycles. The monoisotopic (exact) mass is 204 g/mol. The van der Waals surface area contributed by atoms with E-state index in [0.29, 0.717) is 13.2 Å². The smallest absolute Gasteiger partial charge is 0.0781 e. The highest BCUT2D eigenvalue weighted by Crippen LogP contribution is 1.97. The summed E-state index contributed by atoms with van der Waals surface area (Å²) in [5, 5.41) is 8.98. The van der Waals surface area contributed by atoms with Gasteiger partial charge >= 0.3 is 0 Å². The summed E-state index contributed by atoms with van der Waals surface area (Å²) in [6, 6.07) is 0. The van der Waals surface area contributed by atoms with E-state index in [2.05, 4.69) is 6.92 Å². The van der Waals surface area contributed by atoms with E-state index in [1.807, 2.05) is 6.92 Å². The van der Waals surface area contributed by atoms with E-state index in [-0.39, 0.29) is 6.10 Å². The summed E-state index contributed by atoms with van der Waals surface area (Å²) in [7, 11) is 0. The minimum Gasteiger partial charge on any atom is -0.391 e. The lowest BCUT2D eigenvalue weighted by Crippen LogP contribution is -2.21. The highest BCUT2D eigenvalue weighted by Gasteiger charge is 2.03. The first-order chi connectivity index (χ1) is 6.66. The minimum absolute atomic E-state index is 0.0752. The molecular weight excluding hydrogens is 180 g/mol. The molecule has 86 valence electrons. The molecule has 0 rings (SSSR count). The van der Waals surface area contributed by atoms with Crippen LogP contribution < -0.4 is 0 Å². The van der Waals surface area contributed by atoms with Crippen LogP contribution in [0, 0.1) is 0 Å². The summed E-state index contributed by atoms with van der Waals surface area (Å²) in [4.78, 5) is 0. The summed E-state index contributed by atoms with van der Waals surface area (Å²) >= 11 is 0. The van der Waals surface area contributed by atoms with Gasteiger partial charge in [0, 0.05) is 6.61 Å².